The number of nitrogens with zero attached hydrogens (tertiary/aromatic N) is 1. The molecule has 1 aromatic heterocycles. The number of rotatable bonds is 12. The average Bonchev–Trinajstić information content (AvgIpc) is 2.94. The molecule has 0 aliphatic rings. The monoisotopic (exact) mass is 417 g/mol. The number of aromatic nitrogens is 1. The molecule has 0 aliphatic carbocycles. The van der Waals surface area contributed by atoms with Gasteiger partial charge in [-0.3, -0.25) is 0 Å². The van der Waals surface area contributed by atoms with Gasteiger partial charge in [-0.15, -0.1) is 0 Å². The Labute approximate surface area is 179 Å². The molecule has 0 saturated heterocycles. The molecule has 6 heteroatoms. The van der Waals surface area contributed by atoms with Gasteiger partial charge in [0.05, 0.1) is 12.2 Å². The highest BCUT2D eigenvalue weighted by molar-refractivity contribution is 6.06. The van der Waals surface area contributed by atoms with Gasteiger partial charge >= 0.3 is 11.9 Å². The zero-order valence-corrected chi connectivity index (χ0v) is 18.9. The fourth-order valence-corrected chi connectivity index (χ4v) is 3.82. The molecule has 2 rings (SSSR count). The number of ether oxygens (including phenoxy) is 2. The molecule has 1 N–H and O–H groups in total. The van der Waals surface area contributed by atoms with Crippen LogP contribution in [0.25, 0.3) is 10.9 Å². The van der Waals surface area contributed by atoms with E-state index in [0.29, 0.717) is 23.8 Å². The number of aryl methyl sites for hydroxylation is 1. The van der Waals surface area contributed by atoms with Crippen molar-refractivity contribution < 1.29 is 24.2 Å². The zero-order chi connectivity index (χ0) is 22.3. The summed E-state index contributed by atoms with van der Waals surface area (Å²) < 4.78 is 13.1. The maximum atomic E-state index is 12.7. The summed E-state index contributed by atoms with van der Waals surface area (Å²) in [5.41, 5.74) is 3.35. The van der Waals surface area contributed by atoms with Crippen LogP contribution in [0.4, 0.5) is 0 Å². The first-order valence-corrected chi connectivity index (χ1v) is 11.0. The Morgan fingerprint density at radius 1 is 1.13 bits per heavy atom. The Bertz CT molecular complexity index is 882. The third-order valence-corrected chi connectivity index (χ3v) is 5.18. The van der Waals surface area contributed by atoms with E-state index in [-0.39, 0.29) is 5.97 Å². The summed E-state index contributed by atoms with van der Waals surface area (Å²) in [6.07, 6.45) is 5.26. The maximum Gasteiger partial charge on any atom is 0.341 e. The molecule has 0 radical (unpaired) electrons. The molecule has 0 aliphatic heterocycles. The van der Waals surface area contributed by atoms with Gasteiger partial charge in [0, 0.05) is 23.1 Å². The maximum absolute atomic E-state index is 12.7. The number of fused-ring (bicyclic) bond motifs is 1. The van der Waals surface area contributed by atoms with Gasteiger partial charge in [-0.25, -0.2) is 9.59 Å². The summed E-state index contributed by atoms with van der Waals surface area (Å²) in [5.74, 6) is -0.437. The van der Waals surface area contributed by atoms with Crippen LogP contribution in [0.1, 0.15) is 75.0 Å². The van der Waals surface area contributed by atoms with Crippen molar-refractivity contribution in [3.8, 4) is 5.75 Å². The van der Waals surface area contributed by atoms with Gasteiger partial charge in [-0.05, 0) is 50.3 Å². The van der Waals surface area contributed by atoms with Crippen molar-refractivity contribution in [2.24, 2.45) is 5.92 Å². The van der Waals surface area contributed by atoms with Crippen molar-refractivity contribution in [1.29, 1.82) is 0 Å². The van der Waals surface area contributed by atoms with E-state index in [2.05, 4.69) is 31.4 Å². The quantitative estimate of drug-likeness (QED) is 0.371. The van der Waals surface area contributed by atoms with Crippen LogP contribution < -0.4 is 4.74 Å². The molecule has 0 fully saturated rings. The number of hydrogen-bond donors (Lipinski definition) is 1. The lowest BCUT2D eigenvalue weighted by Crippen LogP contribution is -2.11. The number of carbonyl (C=O) groups is 2. The number of unbranched alkanes of at least 4 members (excludes halogenated alkanes) is 3. The van der Waals surface area contributed by atoms with Crippen molar-refractivity contribution >= 4 is 22.8 Å². The van der Waals surface area contributed by atoms with Crippen LogP contribution in [0.5, 0.6) is 5.75 Å². The van der Waals surface area contributed by atoms with E-state index in [4.69, 9.17) is 14.6 Å². The Hall–Kier alpha value is -2.50. The molecule has 0 atom stereocenters. The first-order valence-electron chi connectivity index (χ1n) is 11.0. The second-order valence-corrected chi connectivity index (χ2v) is 8.16. The van der Waals surface area contributed by atoms with Gasteiger partial charge in [0.25, 0.3) is 0 Å². The molecule has 30 heavy (non-hydrogen) atoms. The van der Waals surface area contributed by atoms with Crippen molar-refractivity contribution in [2.75, 3.05) is 13.2 Å². The molecule has 166 valence electrons. The van der Waals surface area contributed by atoms with Crippen LogP contribution in [-0.4, -0.2) is 34.8 Å². The fraction of sp³-hybridized carbons (Fsp3) is 0.583. The minimum Gasteiger partial charge on any atom is -0.482 e. The smallest absolute Gasteiger partial charge is 0.341 e. The SMILES string of the molecule is CCCCCCc1cc2c(cc1OCC(=O)O)c(C(=O)OCC)c(C)n2CC(C)C. The summed E-state index contributed by atoms with van der Waals surface area (Å²) in [6.45, 7) is 10.9. The summed E-state index contributed by atoms with van der Waals surface area (Å²) in [7, 11) is 0. The molecular weight excluding hydrogens is 382 g/mol. The zero-order valence-electron chi connectivity index (χ0n) is 18.9. The van der Waals surface area contributed by atoms with E-state index in [0.717, 1.165) is 54.4 Å². The Balaban J connectivity index is 2.61. The van der Waals surface area contributed by atoms with Gasteiger partial charge in [-0.2, -0.15) is 0 Å². The second kappa shape index (κ2) is 11.0. The highest BCUT2D eigenvalue weighted by Gasteiger charge is 2.23. The number of esters is 1. The van der Waals surface area contributed by atoms with Gasteiger partial charge in [-0.1, -0.05) is 40.0 Å². The van der Waals surface area contributed by atoms with E-state index in [1.165, 1.54) is 6.42 Å². The van der Waals surface area contributed by atoms with Crippen LogP contribution in [0, 0.1) is 12.8 Å². The van der Waals surface area contributed by atoms with Crippen molar-refractivity contribution in [2.45, 2.75) is 73.3 Å². The van der Waals surface area contributed by atoms with E-state index >= 15 is 0 Å². The van der Waals surface area contributed by atoms with E-state index in [1.54, 1.807) is 6.92 Å². The molecule has 0 unspecified atom stereocenters. The van der Waals surface area contributed by atoms with Crippen LogP contribution in [0.15, 0.2) is 12.1 Å². The van der Waals surface area contributed by atoms with Crippen molar-refractivity contribution in [3.05, 3.63) is 29.0 Å². The molecule has 0 amide bonds. The molecule has 0 saturated carbocycles. The third-order valence-electron chi connectivity index (χ3n) is 5.18. The number of carboxylic acids is 1. The van der Waals surface area contributed by atoms with E-state index in [9.17, 15) is 9.59 Å². The largest absolute Gasteiger partial charge is 0.482 e. The molecular formula is C24H35NO5. The topological polar surface area (TPSA) is 77.8 Å². The Kier molecular flexibility index (Phi) is 8.75. The summed E-state index contributed by atoms with van der Waals surface area (Å²) >= 11 is 0. The third kappa shape index (κ3) is 5.77. The summed E-state index contributed by atoms with van der Waals surface area (Å²) in [5, 5.41) is 9.84. The minimum atomic E-state index is -1.02. The average molecular weight is 418 g/mol. The highest BCUT2D eigenvalue weighted by Crippen LogP contribution is 2.34. The van der Waals surface area contributed by atoms with Crippen LogP contribution in [-0.2, 0) is 22.5 Å². The summed E-state index contributed by atoms with van der Waals surface area (Å²) in [6, 6.07) is 3.89. The van der Waals surface area contributed by atoms with E-state index in [1.807, 2.05) is 13.0 Å². The van der Waals surface area contributed by atoms with Crippen molar-refractivity contribution in [3.63, 3.8) is 0 Å². The predicted molar refractivity (Wildman–Crippen MR) is 118 cm³/mol. The molecule has 0 spiro atoms. The lowest BCUT2D eigenvalue weighted by Gasteiger charge is -2.14. The number of aliphatic carboxylic acids is 1. The highest BCUT2D eigenvalue weighted by atomic mass is 16.5. The van der Waals surface area contributed by atoms with Gasteiger partial charge < -0.3 is 19.1 Å². The lowest BCUT2D eigenvalue weighted by molar-refractivity contribution is -0.139. The summed E-state index contributed by atoms with van der Waals surface area (Å²) in [4.78, 5) is 23.8. The minimum absolute atomic E-state index is 0.299. The predicted octanol–water partition coefficient (Wildman–Crippen LogP) is 5.37. The number of carbonyl (C=O) groups excluding carboxylic acids is 1. The van der Waals surface area contributed by atoms with Gasteiger partial charge in [0.1, 0.15) is 5.75 Å². The van der Waals surface area contributed by atoms with Crippen LogP contribution >= 0.6 is 0 Å². The number of hydrogen-bond acceptors (Lipinski definition) is 4. The lowest BCUT2D eigenvalue weighted by atomic mass is 10.0. The van der Waals surface area contributed by atoms with Gasteiger partial charge in [0.15, 0.2) is 6.61 Å². The van der Waals surface area contributed by atoms with Crippen molar-refractivity contribution in [1.82, 2.24) is 4.57 Å². The number of benzene rings is 1. The molecule has 1 heterocycles. The van der Waals surface area contributed by atoms with Crippen LogP contribution in [0.3, 0.4) is 0 Å². The molecule has 1 aromatic carbocycles. The van der Waals surface area contributed by atoms with Crippen LogP contribution in [0.2, 0.25) is 0 Å². The number of carboxylic acid groups (broad SMARTS) is 1. The normalized spacial score (nSPS) is 11.3. The second-order valence-electron chi connectivity index (χ2n) is 8.16. The first kappa shape index (κ1) is 23.8. The molecule has 2 aromatic rings. The Morgan fingerprint density at radius 2 is 1.87 bits per heavy atom. The standard InChI is InChI=1S/C24H35NO5/c1-6-8-9-10-11-18-12-20-19(13-21(18)30-15-22(26)27)23(24(28)29-7-2)17(5)25(20)14-16(3)4/h12-13,16H,6-11,14-15H2,1-5H3,(H,26,27). The van der Waals surface area contributed by atoms with Gasteiger partial charge in [0.2, 0.25) is 0 Å². The first-order chi connectivity index (χ1) is 14.3. The van der Waals surface area contributed by atoms with E-state index < -0.39 is 12.6 Å². The fourth-order valence-electron chi connectivity index (χ4n) is 3.82. The molecule has 0 bridgehead atoms. The Morgan fingerprint density at radius 3 is 2.47 bits per heavy atom. The molecule has 6 nitrogen and oxygen atoms in total.